The molecule has 0 nitrogen and oxygen atoms in total. The third-order valence-electron chi connectivity index (χ3n) is 6.49. The molecule has 0 amide bonds. The van der Waals surface area contributed by atoms with Crippen LogP contribution in [0, 0.1) is 0 Å². The van der Waals surface area contributed by atoms with Crippen LogP contribution in [-0.2, 0) is 17.4 Å². The summed E-state index contributed by atoms with van der Waals surface area (Å²) in [4.78, 5) is 0. The van der Waals surface area contributed by atoms with Gasteiger partial charge in [0.25, 0.3) is 0 Å². The molecule has 4 heteroatoms. The van der Waals surface area contributed by atoms with Crippen LogP contribution in [0.15, 0.2) is 103 Å². The van der Waals surface area contributed by atoms with Crippen LogP contribution in [0.3, 0.4) is 0 Å². The fourth-order valence-electron chi connectivity index (χ4n) is 5.21. The fourth-order valence-corrected chi connectivity index (χ4v) is 30.2. The monoisotopic (exact) mass is 504 g/mol. The molecule has 2 aliphatic rings. The van der Waals surface area contributed by atoms with Crippen LogP contribution in [-0.4, -0.2) is 6.88 Å². The topological polar surface area (TPSA) is 0 Å². The van der Waals surface area contributed by atoms with Gasteiger partial charge in [0.2, 0.25) is 0 Å². The summed E-state index contributed by atoms with van der Waals surface area (Å²) in [5.74, 6) is 0. The summed E-state index contributed by atoms with van der Waals surface area (Å²) in [6.07, 6.45) is 11.6. The van der Waals surface area contributed by atoms with Gasteiger partial charge in [0.15, 0.2) is 0 Å². The zero-order valence-electron chi connectivity index (χ0n) is 16.5. The normalized spacial score (nSPS) is 16.2. The van der Waals surface area contributed by atoms with Crippen molar-refractivity contribution in [2.24, 2.45) is 0 Å². The molecule has 0 unspecified atom stereocenters. The molecule has 0 atom stereocenters. The van der Waals surface area contributed by atoms with E-state index in [9.17, 15) is 0 Å². The van der Waals surface area contributed by atoms with E-state index in [1.54, 1.807) is 13.1 Å². The van der Waals surface area contributed by atoms with Crippen LogP contribution in [0.1, 0.15) is 26.7 Å². The number of allylic oxidation sites excluding steroid dienone is 8. The first kappa shape index (κ1) is 23.4. The van der Waals surface area contributed by atoms with E-state index in [0.29, 0.717) is 0 Å². The molecule has 0 radical (unpaired) electrons. The molecule has 2 aliphatic carbocycles. The van der Waals surface area contributed by atoms with Gasteiger partial charge in [-0.15, -0.1) is 24.8 Å². The maximum atomic E-state index is 2.41. The van der Waals surface area contributed by atoms with Crippen molar-refractivity contribution in [2.75, 3.05) is 0 Å². The van der Waals surface area contributed by atoms with E-state index >= 15 is 0 Å². The first-order valence-electron chi connectivity index (χ1n) is 9.44. The standard InChI is InChI=1S/2C6H7.2C6H5.2ClH.H2Si.Zr/c2*1-6-4-2-3-5-6;2*1-2-4-6-5-3-1;;;;/h2*2,4H,3H2,1H3;2*1-5H;2*1H;1H2;. The Bertz CT molecular complexity index is 959. The van der Waals surface area contributed by atoms with Gasteiger partial charge in [-0.2, -0.15) is 0 Å². The Morgan fingerprint density at radius 2 is 1.00 bits per heavy atom. The van der Waals surface area contributed by atoms with E-state index in [1.807, 2.05) is 0 Å². The number of rotatable bonds is 4. The number of hydrogen-bond acceptors (Lipinski definition) is 0. The van der Waals surface area contributed by atoms with Crippen molar-refractivity contribution < 1.29 is 17.4 Å². The van der Waals surface area contributed by atoms with E-state index in [1.165, 1.54) is 11.1 Å². The van der Waals surface area contributed by atoms with E-state index in [0.717, 1.165) is 12.8 Å². The van der Waals surface area contributed by atoms with Crippen molar-refractivity contribution in [2.45, 2.75) is 26.7 Å². The van der Waals surface area contributed by atoms with Crippen LogP contribution in [0.5, 0.6) is 0 Å². The molecule has 0 heterocycles. The summed E-state index contributed by atoms with van der Waals surface area (Å²) in [5, 5.41) is 0. The van der Waals surface area contributed by atoms with Crippen LogP contribution < -0.4 is 6.54 Å². The van der Waals surface area contributed by atoms with Gasteiger partial charge in [0, 0.05) is 0 Å². The molecule has 4 rings (SSSR count). The van der Waals surface area contributed by atoms with Crippen LogP contribution >= 0.6 is 24.8 Å². The Morgan fingerprint density at radius 3 is 1.29 bits per heavy atom. The molecular weight excluding hydrogens is 478 g/mol. The minimum atomic E-state index is -3.88. The molecule has 2 aromatic rings. The van der Waals surface area contributed by atoms with Crippen LogP contribution in [0.25, 0.3) is 0 Å². The Morgan fingerprint density at radius 1 is 0.643 bits per heavy atom. The number of benzene rings is 2. The Kier molecular flexibility index (Phi) is 7.37. The molecule has 0 saturated heterocycles. The zero-order chi connectivity index (χ0) is 18.2. The van der Waals surface area contributed by atoms with Crippen molar-refractivity contribution in [3.05, 3.63) is 103 Å². The van der Waals surface area contributed by atoms with E-state index in [4.69, 9.17) is 0 Å². The Hall–Kier alpha value is -0.920. The van der Waals surface area contributed by atoms with E-state index in [-0.39, 0.29) is 24.8 Å². The number of halogens is 2. The third kappa shape index (κ3) is 3.23. The average molecular weight is 507 g/mol. The van der Waals surface area contributed by atoms with Crippen molar-refractivity contribution in [1.29, 1.82) is 0 Å². The van der Waals surface area contributed by atoms with Gasteiger partial charge in [0.1, 0.15) is 0 Å². The first-order chi connectivity index (χ1) is 12.6. The van der Waals surface area contributed by atoms with Crippen molar-refractivity contribution >= 4 is 38.2 Å². The van der Waals surface area contributed by atoms with Crippen molar-refractivity contribution in [3.8, 4) is 0 Å². The van der Waals surface area contributed by atoms with Crippen LogP contribution in [0.2, 0.25) is 0 Å². The predicted molar refractivity (Wildman–Crippen MR) is 128 cm³/mol. The minimum Gasteiger partial charge on any atom is -0.147 e. The molecular formula is C24H28Cl2SiZr. The molecule has 0 N–H and O–H groups in total. The molecule has 0 saturated carbocycles. The van der Waals surface area contributed by atoms with Crippen LogP contribution in [0.4, 0.5) is 0 Å². The molecule has 0 aliphatic heterocycles. The van der Waals surface area contributed by atoms with Gasteiger partial charge in [-0.3, -0.25) is 0 Å². The summed E-state index contributed by atoms with van der Waals surface area (Å²) in [6.45, 7) is 7.02. The maximum Gasteiger partial charge on any atom is -0.147 e. The van der Waals surface area contributed by atoms with Gasteiger partial charge in [0.05, 0.1) is 0 Å². The Labute approximate surface area is 183 Å². The smallest absolute Gasteiger partial charge is 0.147 e. The average Bonchev–Trinajstić information content (AvgIpc) is 3.32. The van der Waals surface area contributed by atoms with Gasteiger partial charge >= 0.3 is 160 Å². The number of hydrogen-bond donors (Lipinski definition) is 0. The quantitative estimate of drug-likeness (QED) is 0.501. The third-order valence-corrected chi connectivity index (χ3v) is 33.8. The van der Waals surface area contributed by atoms with Gasteiger partial charge in [-0.05, 0) is 0 Å². The maximum absolute atomic E-state index is 3.88. The minimum absolute atomic E-state index is 0. The second-order valence-corrected chi connectivity index (χ2v) is 29.1. The first-order valence-corrected chi connectivity index (χ1v) is 20.3. The van der Waals surface area contributed by atoms with Crippen molar-refractivity contribution in [1.82, 2.24) is 0 Å². The second kappa shape index (κ2) is 8.84. The van der Waals surface area contributed by atoms with Crippen molar-refractivity contribution in [3.63, 3.8) is 0 Å². The molecule has 2 aromatic carbocycles. The van der Waals surface area contributed by atoms with Gasteiger partial charge in [-0.1, -0.05) is 0 Å². The second-order valence-electron chi connectivity index (χ2n) is 7.73. The summed E-state index contributed by atoms with van der Waals surface area (Å²) < 4.78 is 6.60. The Balaban J connectivity index is 0.00000140. The zero-order valence-corrected chi connectivity index (χ0v) is 22.0. The van der Waals surface area contributed by atoms with E-state index < -0.39 is 17.4 Å². The molecule has 146 valence electrons. The summed E-state index contributed by atoms with van der Waals surface area (Å²) >= 11 is -3.88. The largest absolute Gasteiger partial charge is 0.147 e. The van der Waals surface area contributed by atoms with E-state index in [2.05, 4.69) is 106 Å². The molecule has 0 aromatic heterocycles. The summed E-state index contributed by atoms with van der Waals surface area (Å²) in [6, 6.07) is 22.9. The molecule has 0 bridgehead atoms. The molecule has 0 spiro atoms. The summed E-state index contributed by atoms with van der Waals surface area (Å²) in [7, 11) is 0. The van der Waals surface area contributed by atoms with Gasteiger partial charge in [-0.25, -0.2) is 0 Å². The fraction of sp³-hybridized carbons (Fsp3) is 0.167. The SMILES string of the molecule is CC1=[C]([Zr](=[SiH2])([C]2=C(C)C=CC2)([c]2ccccc2)[c]2ccccc2)CC=C1.Cl.Cl. The summed E-state index contributed by atoms with van der Waals surface area (Å²) in [5.41, 5.74) is 2.98. The molecule has 28 heavy (non-hydrogen) atoms. The molecule has 0 fully saturated rings. The predicted octanol–water partition coefficient (Wildman–Crippen LogP) is 5.19. The van der Waals surface area contributed by atoms with Gasteiger partial charge < -0.3 is 0 Å².